The molecule has 6 heteroatoms. The molecule has 1 fully saturated rings. The minimum Gasteiger partial charge on any atom is -0.338 e. The van der Waals surface area contributed by atoms with Crippen molar-refractivity contribution < 1.29 is 13.2 Å². The molecule has 0 saturated carbocycles. The molecule has 1 heterocycles. The van der Waals surface area contributed by atoms with Crippen molar-refractivity contribution in [2.24, 2.45) is 5.92 Å². The number of likely N-dealkylation sites (tertiary alicyclic amines) is 1. The Morgan fingerprint density at radius 3 is 2.60 bits per heavy atom. The monoisotopic (exact) mass is 358 g/mol. The van der Waals surface area contributed by atoms with Crippen molar-refractivity contribution in [1.82, 2.24) is 4.90 Å². The first kappa shape index (κ1) is 17.5. The number of nitrogens with one attached hydrogen (secondary N) is 1. The number of sulfonamides is 1. The van der Waals surface area contributed by atoms with Gasteiger partial charge in [0.1, 0.15) is 0 Å². The van der Waals surface area contributed by atoms with Gasteiger partial charge in [-0.25, -0.2) is 8.42 Å². The molecule has 2 aromatic rings. The largest absolute Gasteiger partial charge is 0.338 e. The standard InChI is InChI=1S/C19H22N2O3S/c1-15-7-6-12-21(14-15)19(22)16-8-5-9-17(13-16)20-25(23,24)18-10-3-2-4-11-18/h2-5,8-11,13,15,20H,6-7,12,14H2,1H3/t15-/m1/s1. The summed E-state index contributed by atoms with van der Waals surface area (Å²) < 4.78 is 27.4. The fourth-order valence-corrected chi connectivity index (χ4v) is 4.16. The van der Waals surface area contributed by atoms with Crippen molar-refractivity contribution in [3.05, 3.63) is 60.2 Å². The summed E-state index contributed by atoms with van der Waals surface area (Å²) in [5.41, 5.74) is 0.891. The zero-order chi connectivity index (χ0) is 17.9. The van der Waals surface area contributed by atoms with Crippen LogP contribution in [0.4, 0.5) is 5.69 Å². The Morgan fingerprint density at radius 1 is 1.12 bits per heavy atom. The normalized spacial score (nSPS) is 18.0. The SMILES string of the molecule is C[C@@H]1CCCN(C(=O)c2cccc(NS(=O)(=O)c3ccccc3)c2)C1. The molecule has 5 nitrogen and oxygen atoms in total. The molecular weight excluding hydrogens is 336 g/mol. The number of piperidine rings is 1. The van der Waals surface area contributed by atoms with Gasteiger partial charge < -0.3 is 4.90 Å². The molecule has 2 aromatic carbocycles. The number of hydrogen-bond acceptors (Lipinski definition) is 3. The first-order chi connectivity index (χ1) is 12.0. The van der Waals surface area contributed by atoms with E-state index in [1.165, 1.54) is 12.1 Å². The van der Waals surface area contributed by atoms with Gasteiger partial charge in [0.15, 0.2) is 0 Å². The van der Waals surface area contributed by atoms with Gasteiger partial charge in [0.2, 0.25) is 0 Å². The van der Waals surface area contributed by atoms with Gasteiger partial charge in [-0.2, -0.15) is 0 Å². The minimum absolute atomic E-state index is 0.0488. The molecule has 0 aliphatic carbocycles. The second-order valence-electron chi connectivity index (χ2n) is 6.50. The Kier molecular flexibility index (Phi) is 5.08. The molecule has 1 aliphatic rings. The molecule has 0 bridgehead atoms. The lowest BCUT2D eigenvalue weighted by Crippen LogP contribution is -2.39. The summed E-state index contributed by atoms with van der Waals surface area (Å²) in [7, 11) is -3.66. The van der Waals surface area contributed by atoms with Crippen LogP contribution in [0, 0.1) is 5.92 Å². The molecule has 3 rings (SSSR count). The van der Waals surface area contributed by atoms with Gasteiger partial charge in [-0.05, 0) is 49.1 Å². The molecule has 1 amide bonds. The van der Waals surface area contributed by atoms with Crippen LogP contribution < -0.4 is 4.72 Å². The molecule has 1 aliphatic heterocycles. The van der Waals surface area contributed by atoms with Crippen molar-refractivity contribution >= 4 is 21.6 Å². The Hall–Kier alpha value is -2.34. The van der Waals surface area contributed by atoms with E-state index in [1.807, 2.05) is 4.90 Å². The van der Waals surface area contributed by atoms with Crippen LogP contribution in [0.5, 0.6) is 0 Å². The summed E-state index contributed by atoms with van der Waals surface area (Å²) in [6.45, 7) is 3.64. The maximum absolute atomic E-state index is 12.7. The lowest BCUT2D eigenvalue weighted by molar-refractivity contribution is 0.0683. The average molecular weight is 358 g/mol. The van der Waals surface area contributed by atoms with Gasteiger partial charge >= 0.3 is 0 Å². The van der Waals surface area contributed by atoms with Gasteiger partial charge in [-0.15, -0.1) is 0 Å². The number of rotatable bonds is 4. The number of hydrogen-bond donors (Lipinski definition) is 1. The van der Waals surface area contributed by atoms with Crippen molar-refractivity contribution in [2.45, 2.75) is 24.7 Å². The average Bonchev–Trinajstić information content (AvgIpc) is 2.62. The molecule has 25 heavy (non-hydrogen) atoms. The van der Waals surface area contributed by atoms with Crippen LogP contribution in [0.2, 0.25) is 0 Å². The maximum atomic E-state index is 12.7. The van der Waals surface area contributed by atoms with Crippen molar-refractivity contribution in [2.75, 3.05) is 17.8 Å². The molecular formula is C19H22N2O3S. The first-order valence-electron chi connectivity index (χ1n) is 8.43. The zero-order valence-corrected chi connectivity index (χ0v) is 15.0. The van der Waals surface area contributed by atoms with E-state index in [0.29, 0.717) is 17.2 Å². The van der Waals surface area contributed by atoms with Gasteiger partial charge in [0.25, 0.3) is 15.9 Å². The van der Waals surface area contributed by atoms with Crippen LogP contribution in [0.25, 0.3) is 0 Å². The number of carbonyl (C=O) groups is 1. The molecule has 0 unspecified atom stereocenters. The number of carbonyl (C=O) groups excluding carboxylic acids is 1. The summed E-state index contributed by atoms with van der Waals surface area (Å²) in [4.78, 5) is 14.7. The van der Waals surface area contributed by atoms with E-state index in [0.717, 1.165) is 25.9 Å². The van der Waals surface area contributed by atoms with Crippen LogP contribution >= 0.6 is 0 Å². The van der Waals surface area contributed by atoms with Crippen molar-refractivity contribution in [3.8, 4) is 0 Å². The third-order valence-electron chi connectivity index (χ3n) is 4.36. The summed E-state index contributed by atoms with van der Waals surface area (Å²) in [6.07, 6.45) is 2.15. The predicted octanol–water partition coefficient (Wildman–Crippen LogP) is 3.36. The molecule has 0 radical (unpaired) electrons. The zero-order valence-electron chi connectivity index (χ0n) is 14.2. The Bertz CT molecular complexity index is 850. The summed E-state index contributed by atoms with van der Waals surface area (Å²) in [5.74, 6) is 0.449. The van der Waals surface area contributed by atoms with E-state index in [1.54, 1.807) is 42.5 Å². The molecule has 1 N–H and O–H groups in total. The molecule has 0 aromatic heterocycles. The van der Waals surface area contributed by atoms with E-state index in [9.17, 15) is 13.2 Å². The third kappa shape index (κ3) is 4.20. The Morgan fingerprint density at radius 2 is 1.88 bits per heavy atom. The van der Waals surface area contributed by atoms with Crippen molar-refractivity contribution in [1.29, 1.82) is 0 Å². The van der Waals surface area contributed by atoms with E-state index in [4.69, 9.17) is 0 Å². The summed E-state index contributed by atoms with van der Waals surface area (Å²) >= 11 is 0. The molecule has 1 atom stereocenters. The van der Waals surface area contributed by atoms with Crippen LogP contribution in [-0.2, 0) is 10.0 Å². The van der Waals surface area contributed by atoms with E-state index < -0.39 is 10.0 Å². The quantitative estimate of drug-likeness (QED) is 0.911. The highest BCUT2D eigenvalue weighted by Gasteiger charge is 2.22. The molecule has 0 spiro atoms. The van der Waals surface area contributed by atoms with Crippen LogP contribution in [0.3, 0.4) is 0 Å². The maximum Gasteiger partial charge on any atom is 0.261 e. The predicted molar refractivity (Wildman–Crippen MR) is 98.0 cm³/mol. The first-order valence-corrected chi connectivity index (χ1v) is 9.91. The van der Waals surface area contributed by atoms with Crippen LogP contribution in [-0.4, -0.2) is 32.3 Å². The van der Waals surface area contributed by atoms with Crippen molar-refractivity contribution in [3.63, 3.8) is 0 Å². The lowest BCUT2D eigenvalue weighted by Gasteiger charge is -2.31. The van der Waals surface area contributed by atoms with Gasteiger partial charge in [-0.3, -0.25) is 9.52 Å². The van der Waals surface area contributed by atoms with E-state index >= 15 is 0 Å². The lowest BCUT2D eigenvalue weighted by atomic mass is 9.99. The van der Waals surface area contributed by atoms with Crippen LogP contribution in [0.15, 0.2) is 59.5 Å². The fraction of sp³-hybridized carbons (Fsp3) is 0.316. The number of amides is 1. The Labute approximate surface area is 148 Å². The third-order valence-corrected chi connectivity index (χ3v) is 5.76. The summed E-state index contributed by atoms with van der Waals surface area (Å²) in [5, 5.41) is 0. The topological polar surface area (TPSA) is 66.5 Å². The Balaban J connectivity index is 1.79. The van der Waals surface area contributed by atoms with E-state index in [-0.39, 0.29) is 10.8 Å². The summed E-state index contributed by atoms with van der Waals surface area (Å²) in [6, 6.07) is 14.8. The van der Waals surface area contributed by atoms with E-state index in [2.05, 4.69) is 11.6 Å². The number of nitrogens with zero attached hydrogens (tertiary/aromatic N) is 1. The second-order valence-corrected chi connectivity index (χ2v) is 8.18. The van der Waals surface area contributed by atoms with Gasteiger partial charge in [-0.1, -0.05) is 31.2 Å². The second kappa shape index (κ2) is 7.27. The highest BCUT2D eigenvalue weighted by atomic mass is 32.2. The number of benzene rings is 2. The highest BCUT2D eigenvalue weighted by molar-refractivity contribution is 7.92. The smallest absolute Gasteiger partial charge is 0.261 e. The van der Waals surface area contributed by atoms with Gasteiger partial charge in [0.05, 0.1) is 4.90 Å². The molecule has 132 valence electrons. The van der Waals surface area contributed by atoms with Gasteiger partial charge in [0, 0.05) is 24.3 Å². The minimum atomic E-state index is -3.66. The van der Waals surface area contributed by atoms with Crippen LogP contribution in [0.1, 0.15) is 30.1 Å². The fourth-order valence-electron chi connectivity index (χ4n) is 3.09. The molecule has 1 saturated heterocycles. The highest BCUT2D eigenvalue weighted by Crippen LogP contribution is 2.21. The number of anilines is 1.